The maximum absolute atomic E-state index is 13.2. The first-order valence-corrected chi connectivity index (χ1v) is 10.4. The van der Waals surface area contributed by atoms with Crippen molar-refractivity contribution in [2.24, 2.45) is 0 Å². The molecule has 0 fully saturated rings. The average molecular weight is 398 g/mol. The zero-order valence-corrected chi connectivity index (χ0v) is 16.2. The third-order valence-corrected chi connectivity index (χ3v) is 6.90. The molecule has 2 nitrogen and oxygen atoms in total. The van der Waals surface area contributed by atoms with E-state index in [4.69, 9.17) is 11.6 Å². The van der Waals surface area contributed by atoms with Crippen molar-refractivity contribution in [2.75, 3.05) is 4.90 Å². The first-order chi connectivity index (χ1) is 12.7. The Morgan fingerprint density at radius 3 is 2.38 bits per heavy atom. The number of amides is 1. The molecule has 1 aliphatic heterocycles. The van der Waals surface area contributed by atoms with Gasteiger partial charge < -0.3 is 4.90 Å². The van der Waals surface area contributed by atoms with Gasteiger partial charge in [-0.3, -0.25) is 4.79 Å². The molecule has 4 rings (SSSR count). The lowest BCUT2D eigenvalue weighted by Gasteiger charge is -2.33. The van der Waals surface area contributed by atoms with Gasteiger partial charge in [-0.1, -0.05) is 65.8 Å². The Labute approximate surface area is 166 Å². The molecule has 0 aromatic heterocycles. The molecule has 5 heteroatoms. The van der Waals surface area contributed by atoms with Crippen molar-refractivity contribution in [3.05, 3.63) is 89.4 Å². The number of thioether (sulfide) groups is 2. The van der Waals surface area contributed by atoms with Crippen LogP contribution in [0.3, 0.4) is 0 Å². The van der Waals surface area contributed by atoms with E-state index in [0.717, 1.165) is 21.0 Å². The van der Waals surface area contributed by atoms with Crippen LogP contribution >= 0.6 is 35.1 Å². The molecule has 3 aromatic carbocycles. The van der Waals surface area contributed by atoms with Crippen LogP contribution in [0.5, 0.6) is 0 Å². The number of para-hydroxylation sites is 1. The van der Waals surface area contributed by atoms with Gasteiger partial charge in [0.15, 0.2) is 0 Å². The van der Waals surface area contributed by atoms with Gasteiger partial charge in [-0.25, -0.2) is 0 Å². The lowest BCUT2D eigenvalue weighted by molar-refractivity contribution is -0.117. The summed E-state index contributed by atoms with van der Waals surface area (Å²) in [4.78, 5) is 17.3. The summed E-state index contributed by atoms with van der Waals surface area (Å²) >= 11 is 9.16. The molecular weight excluding hydrogens is 382 g/mol. The van der Waals surface area contributed by atoms with Crippen LogP contribution < -0.4 is 4.90 Å². The van der Waals surface area contributed by atoms with E-state index in [1.807, 2.05) is 65.6 Å². The van der Waals surface area contributed by atoms with Gasteiger partial charge in [-0.05, 0) is 42.0 Å². The summed E-state index contributed by atoms with van der Waals surface area (Å²) in [5.41, 5.74) is 2.11. The quantitative estimate of drug-likeness (QED) is 0.530. The molecule has 0 saturated heterocycles. The van der Waals surface area contributed by atoms with Crippen LogP contribution in [0.15, 0.2) is 88.7 Å². The largest absolute Gasteiger partial charge is 0.305 e. The molecule has 1 unspecified atom stereocenters. The van der Waals surface area contributed by atoms with E-state index in [1.54, 1.807) is 23.5 Å². The molecule has 0 radical (unpaired) electrons. The minimum atomic E-state index is -0.213. The second kappa shape index (κ2) is 7.78. The molecule has 1 aliphatic rings. The van der Waals surface area contributed by atoms with Crippen molar-refractivity contribution in [1.29, 1.82) is 0 Å². The second-order valence-electron chi connectivity index (χ2n) is 5.90. The Morgan fingerprint density at radius 2 is 1.62 bits per heavy atom. The molecule has 1 heterocycles. The number of anilines is 1. The van der Waals surface area contributed by atoms with Gasteiger partial charge in [0, 0.05) is 14.8 Å². The van der Waals surface area contributed by atoms with Crippen LogP contribution in [-0.4, -0.2) is 10.5 Å². The summed E-state index contributed by atoms with van der Waals surface area (Å²) in [5, 5.41) is 0.702. The Kier molecular flexibility index (Phi) is 5.25. The zero-order valence-electron chi connectivity index (χ0n) is 13.8. The van der Waals surface area contributed by atoms with E-state index in [-0.39, 0.29) is 10.5 Å². The third kappa shape index (κ3) is 3.78. The van der Waals surface area contributed by atoms with Gasteiger partial charge in [0.1, 0.15) is 4.58 Å². The fourth-order valence-corrected chi connectivity index (χ4v) is 5.48. The fourth-order valence-electron chi connectivity index (χ4n) is 2.83. The van der Waals surface area contributed by atoms with Crippen molar-refractivity contribution in [1.82, 2.24) is 0 Å². The SMILES string of the molecule is O=C1C(Sc2ccc(Cl)cc2)Sc2ccccc2N1Cc1ccccc1. The predicted molar refractivity (Wildman–Crippen MR) is 111 cm³/mol. The van der Waals surface area contributed by atoms with Crippen molar-refractivity contribution in [2.45, 2.75) is 20.9 Å². The number of rotatable bonds is 4. The molecule has 0 aliphatic carbocycles. The number of hydrogen-bond donors (Lipinski definition) is 0. The molecule has 26 heavy (non-hydrogen) atoms. The van der Waals surface area contributed by atoms with Gasteiger partial charge >= 0.3 is 0 Å². The molecule has 3 aromatic rings. The number of halogens is 1. The topological polar surface area (TPSA) is 20.3 Å². The van der Waals surface area contributed by atoms with Crippen LogP contribution in [0.4, 0.5) is 5.69 Å². The number of hydrogen-bond acceptors (Lipinski definition) is 3. The van der Waals surface area contributed by atoms with E-state index < -0.39 is 0 Å². The smallest absolute Gasteiger partial charge is 0.251 e. The summed E-state index contributed by atoms with van der Waals surface area (Å²) in [6.45, 7) is 0.578. The molecule has 0 spiro atoms. The predicted octanol–water partition coefficient (Wildman–Crippen LogP) is 6.10. The summed E-state index contributed by atoms with van der Waals surface area (Å²) in [7, 11) is 0. The Balaban J connectivity index is 1.64. The lowest BCUT2D eigenvalue weighted by Crippen LogP contribution is -2.39. The van der Waals surface area contributed by atoms with Gasteiger partial charge in [0.25, 0.3) is 5.91 Å². The summed E-state index contributed by atoms with van der Waals surface area (Å²) in [5.74, 6) is 0.123. The van der Waals surface area contributed by atoms with Crippen molar-refractivity contribution < 1.29 is 4.79 Å². The number of benzene rings is 3. The van der Waals surface area contributed by atoms with E-state index in [9.17, 15) is 4.79 Å². The molecule has 0 N–H and O–H groups in total. The Bertz CT molecular complexity index is 915. The molecule has 0 saturated carbocycles. The third-order valence-electron chi connectivity index (χ3n) is 4.10. The molecule has 130 valence electrons. The van der Waals surface area contributed by atoms with Gasteiger partial charge in [0.05, 0.1) is 12.2 Å². The number of carbonyl (C=O) groups excluding carboxylic acids is 1. The molecule has 0 bridgehead atoms. The molecular formula is C21H16ClNOS2. The fraction of sp³-hybridized carbons (Fsp3) is 0.0952. The summed E-state index contributed by atoms with van der Waals surface area (Å²) < 4.78 is -0.213. The van der Waals surface area contributed by atoms with E-state index >= 15 is 0 Å². The highest BCUT2D eigenvalue weighted by atomic mass is 35.5. The van der Waals surface area contributed by atoms with Crippen LogP contribution in [-0.2, 0) is 11.3 Å². The van der Waals surface area contributed by atoms with Crippen molar-refractivity contribution in [3.63, 3.8) is 0 Å². The van der Waals surface area contributed by atoms with Gasteiger partial charge in [-0.2, -0.15) is 0 Å². The minimum absolute atomic E-state index is 0.123. The number of fused-ring (bicyclic) bond motifs is 1. The van der Waals surface area contributed by atoms with Crippen LogP contribution in [0, 0.1) is 0 Å². The molecule has 1 amide bonds. The van der Waals surface area contributed by atoms with E-state index in [1.165, 1.54) is 0 Å². The highest BCUT2D eigenvalue weighted by Gasteiger charge is 2.34. The maximum atomic E-state index is 13.2. The van der Waals surface area contributed by atoms with E-state index in [2.05, 4.69) is 18.2 Å². The number of nitrogens with zero attached hydrogens (tertiary/aromatic N) is 1. The van der Waals surface area contributed by atoms with Gasteiger partial charge in [-0.15, -0.1) is 11.8 Å². The Morgan fingerprint density at radius 1 is 0.923 bits per heavy atom. The monoisotopic (exact) mass is 397 g/mol. The first-order valence-electron chi connectivity index (χ1n) is 8.24. The normalized spacial score (nSPS) is 16.4. The average Bonchev–Trinajstić information content (AvgIpc) is 2.67. The van der Waals surface area contributed by atoms with Crippen LogP contribution in [0.25, 0.3) is 0 Å². The maximum Gasteiger partial charge on any atom is 0.251 e. The Hall–Kier alpha value is -1.88. The van der Waals surface area contributed by atoms with E-state index in [0.29, 0.717) is 11.6 Å². The minimum Gasteiger partial charge on any atom is -0.305 e. The zero-order chi connectivity index (χ0) is 17.9. The highest BCUT2D eigenvalue weighted by molar-refractivity contribution is 8.18. The second-order valence-corrected chi connectivity index (χ2v) is 8.96. The van der Waals surface area contributed by atoms with Crippen LogP contribution in [0.1, 0.15) is 5.56 Å². The lowest BCUT2D eigenvalue weighted by atomic mass is 10.2. The van der Waals surface area contributed by atoms with Gasteiger partial charge in [0.2, 0.25) is 0 Å². The first kappa shape index (κ1) is 17.5. The standard InChI is InChI=1S/C21H16ClNOS2/c22-16-10-12-17(13-11-16)25-21-20(24)23(14-15-6-2-1-3-7-15)18-8-4-5-9-19(18)26-21/h1-13,21H,14H2. The highest BCUT2D eigenvalue weighted by Crippen LogP contribution is 2.45. The summed E-state index contributed by atoms with van der Waals surface area (Å²) in [6, 6.07) is 25.9. The van der Waals surface area contributed by atoms with Crippen molar-refractivity contribution >= 4 is 46.7 Å². The summed E-state index contributed by atoms with van der Waals surface area (Å²) in [6.07, 6.45) is 0. The molecule has 1 atom stereocenters. The number of carbonyl (C=O) groups is 1. The van der Waals surface area contributed by atoms with Crippen LogP contribution in [0.2, 0.25) is 5.02 Å². The van der Waals surface area contributed by atoms with Crippen molar-refractivity contribution in [3.8, 4) is 0 Å².